The predicted octanol–water partition coefficient (Wildman–Crippen LogP) is 3.33. The highest BCUT2D eigenvalue weighted by Crippen LogP contribution is 2.24. The van der Waals surface area contributed by atoms with Gasteiger partial charge in [-0.15, -0.1) is 12.4 Å². The normalized spacial score (nSPS) is 17.2. The summed E-state index contributed by atoms with van der Waals surface area (Å²) in [4.78, 5) is 11.5. The first-order chi connectivity index (χ1) is 6.34. The van der Waals surface area contributed by atoms with E-state index in [1.54, 1.807) is 0 Å². The summed E-state index contributed by atoms with van der Waals surface area (Å²) in [5.74, 6) is 0.263. The highest BCUT2D eigenvalue weighted by Gasteiger charge is 2.21. The van der Waals surface area contributed by atoms with Gasteiger partial charge in [0.2, 0.25) is 0 Å². The molecule has 0 atom stereocenters. The van der Waals surface area contributed by atoms with E-state index in [0.717, 1.165) is 25.7 Å². The summed E-state index contributed by atoms with van der Waals surface area (Å²) in [6.45, 7) is 2.72. The minimum atomic E-state index is 0. The third kappa shape index (κ3) is 4.85. The minimum absolute atomic E-state index is 0. The molecule has 1 rings (SSSR count). The molecule has 0 N–H and O–H groups in total. The highest BCUT2D eigenvalue weighted by atomic mass is 35.5. The van der Waals surface area contributed by atoms with Crippen LogP contribution in [0.3, 0.4) is 0 Å². The molecule has 0 unspecified atom stereocenters. The van der Waals surface area contributed by atoms with Gasteiger partial charge in [-0.25, -0.2) is 0 Å². The Morgan fingerprint density at radius 1 is 1.29 bits per heavy atom. The van der Waals surface area contributed by atoms with Crippen LogP contribution < -0.4 is 0 Å². The minimum Gasteiger partial charge on any atom is -0.465 e. The Bertz CT molecular complexity index is 153. The molecule has 0 aromatic heterocycles. The number of carbonyl (C=O) groups excluding carboxylic acids is 1. The summed E-state index contributed by atoms with van der Waals surface area (Å²) in [6, 6.07) is 0. The van der Waals surface area contributed by atoms with Crippen LogP contribution in [0.1, 0.15) is 51.9 Å². The Morgan fingerprint density at radius 3 is 2.50 bits per heavy atom. The lowest BCUT2D eigenvalue weighted by atomic mass is 9.89. The number of halogens is 1. The van der Waals surface area contributed by atoms with Crippen LogP contribution in [0.25, 0.3) is 0 Å². The first kappa shape index (κ1) is 13.8. The van der Waals surface area contributed by atoms with Crippen LogP contribution in [0.5, 0.6) is 0 Å². The molecular weight excluding hydrogens is 200 g/mol. The largest absolute Gasteiger partial charge is 0.465 e. The highest BCUT2D eigenvalue weighted by molar-refractivity contribution is 5.85. The maximum Gasteiger partial charge on any atom is 0.308 e. The van der Waals surface area contributed by atoms with Gasteiger partial charge in [-0.2, -0.15) is 0 Å². The second-order valence-electron chi connectivity index (χ2n) is 3.86. The van der Waals surface area contributed by atoms with Crippen molar-refractivity contribution in [1.29, 1.82) is 0 Å². The van der Waals surface area contributed by atoms with Gasteiger partial charge in [0.05, 0.1) is 12.5 Å². The van der Waals surface area contributed by atoms with Gasteiger partial charge in [-0.3, -0.25) is 4.79 Å². The van der Waals surface area contributed by atoms with Crippen LogP contribution in [0.2, 0.25) is 0 Å². The van der Waals surface area contributed by atoms with Crippen LogP contribution >= 0.6 is 12.4 Å². The zero-order valence-electron chi connectivity index (χ0n) is 8.96. The smallest absolute Gasteiger partial charge is 0.308 e. The number of ether oxygens (including phenoxy) is 1. The zero-order chi connectivity index (χ0) is 9.52. The molecule has 0 heterocycles. The third-order valence-electron chi connectivity index (χ3n) is 2.68. The molecule has 1 aliphatic rings. The van der Waals surface area contributed by atoms with E-state index in [2.05, 4.69) is 6.92 Å². The average molecular weight is 221 g/mol. The van der Waals surface area contributed by atoms with Crippen LogP contribution in [0.4, 0.5) is 0 Å². The van der Waals surface area contributed by atoms with Crippen molar-refractivity contribution in [2.75, 3.05) is 6.61 Å². The Morgan fingerprint density at radius 2 is 1.93 bits per heavy atom. The number of esters is 1. The Kier molecular flexibility index (Phi) is 7.96. The van der Waals surface area contributed by atoms with Crippen molar-refractivity contribution >= 4 is 18.4 Å². The van der Waals surface area contributed by atoms with Gasteiger partial charge < -0.3 is 4.74 Å². The van der Waals surface area contributed by atoms with Crippen LogP contribution in [0, 0.1) is 5.92 Å². The van der Waals surface area contributed by atoms with E-state index in [0.29, 0.717) is 6.61 Å². The molecule has 0 aromatic rings. The topological polar surface area (TPSA) is 26.3 Å². The van der Waals surface area contributed by atoms with Crippen molar-refractivity contribution < 1.29 is 9.53 Å². The summed E-state index contributed by atoms with van der Waals surface area (Å²) in [5.41, 5.74) is 0. The molecular formula is C11H21ClO2. The number of unbranched alkanes of at least 4 members (excludes halogenated alkanes) is 1. The van der Waals surface area contributed by atoms with Gasteiger partial charge in [0.1, 0.15) is 0 Å². The maximum absolute atomic E-state index is 11.5. The fourth-order valence-corrected chi connectivity index (χ4v) is 1.77. The molecule has 0 aliphatic heterocycles. The molecule has 3 heteroatoms. The van der Waals surface area contributed by atoms with Crippen LogP contribution in [0.15, 0.2) is 0 Å². The first-order valence-electron chi connectivity index (χ1n) is 5.51. The van der Waals surface area contributed by atoms with E-state index in [9.17, 15) is 4.79 Å². The Hall–Kier alpha value is -0.240. The first-order valence-corrected chi connectivity index (χ1v) is 5.51. The summed E-state index contributed by atoms with van der Waals surface area (Å²) in [6.07, 6.45) is 7.88. The van der Waals surface area contributed by atoms with Gasteiger partial charge in [-0.1, -0.05) is 32.6 Å². The second kappa shape index (κ2) is 8.10. The van der Waals surface area contributed by atoms with Gasteiger partial charge in [0.25, 0.3) is 0 Å². The fourth-order valence-electron chi connectivity index (χ4n) is 1.77. The molecule has 0 spiro atoms. The summed E-state index contributed by atoms with van der Waals surface area (Å²) in [5, 5.41) is 0. The van der Waals surface area contributed by atoms with Crippen molar-refractivity contribution in [3.63, 3.8) is 0 Å². The van der Waals surface area contributed by atoms with Crippen LogP contribution in [-0.4, -0.2) is 12.6 Å². The van der Waals surface area contributed by atoms with Crippen LogP contribution in [-0.2, 0) is 9.53 Å². The van der Waals surface area contributed by atoms with E-state index in [-0.39, 0.29) is 24.3 Å². The van der Waals surface area contributed by atoms with Gasteiger partial charge in [0.15, 0.2) is 0 Å². The van der Waals surface area contributed by atoms with Crippen molar-refractivity contribution in [2.24, 2.45) is 5.92 Å². The summed E-state index contributed by atoms with van der Waals surface area (Å²) < 4.78 is 5.18. The fraction of sp³-hybridized carbons (Fsp3) is 0.909. The molecule has 0 saturated heterocycles. The van der Waals surface area contributed by atoms with Crippen molar-refractivity contribution in [3.05, 3.63) is 0 Å². The Balaban J connectivity index is 0.00000169. The molecule has 1 fully saturated rings. The van der Waals surface area contributed by atoms with E-state index >= 15 is 0 Å². The van der Waals surface area contributed by atoms with Gasteiger partial charge >= 0.3 is 5.97 Å². The molecule has 1 aliphatic carbocycles. The molecule has 0 aromatic carbocycles. The lowest BCUT2D eigenvalue weighted by molar-refractivity contribution is -0.149. The van der Waals surface area contributed by atoms with E-state index in [4.69, 9.17) is 4.74 Å². The number of carbonyl (C=O) groups is 1. The molecule has 1 saturated carbocycles. The van der Waals surface area contributed by atoms with Crippen molar-refractivity contribution in [1.82, 2.24) is 0 Å². The number of hydrogen-bond acceptors (Lipinski definition) is 2. The molecule has 0 radical (unpaired) electrons. The Labute approximate surface area is 92.8 Å². The van der Waals surface area contributed by atoms with Crippen molar-refractivity contribution in [3.8, 4) is 0 Å². The second-order valence-corrected chi connectivity index (χ2v) is 3.86. The third-order valence-corrected chi connectivity index (χ3v) is 2.68. The summed E-state index contributed by atoms with van der Waals surface area (Å²) in [7, 11) is 0. The average Bonchev–Trinajstić information content (AvgIpc) is 2.19. The molecule has 84 valence electrons. The quantitative estimate of drug-likeness (QED) is 0.537. The lowest BCUT2D eigenvalue weighted by Crippen LogP contribution is -2.20. The molecule has 0 amide bonds. The predicted molar refractivity (Wildman–Crippen MR) is 59.7 cm³/mol. The SMILES string of the molecule is CCCCOC(=O)C1CCCCC1.Cl. The standard InChI is InChI=1S/C11H20O2.ClH/c1-2-3-9-13-11(12)10-7-5-4-6-8-10;/h10H,2-9H2,1H3;1H. The molecule has 0 bridgehead atoms. The van der Waals surface area contributed by atoms with E-state index in [1.807, 2.05) is 0 Å². The van der Waals surface area contributed by atoms with E-state index < -0.39 is 0 Å². The lowest BCUT2D eigenvalue weighted by Gasteiger charge is -2.19. The number of hydrogen-bond donors (Lipinski definition) is 0. The zero-order valence-corrected chi connectivity index (χ0v) is 9.78. The molecule has 14 heavy (non-hydrogen) atoms. The van der Waals surface area contributed by atoms with Gasteiger partial charge in [-0.05, 0) is 19.3 Å². The number of rotatable bonds is 4. The summed E-state index contributed by atoms with van der Waals surface area (Å²) >= 11 is 0. The van der Waals surface area contributed by atoms with Crippen molar-refractivity contribution in [2.45, 2.75) is 51.9 Å². The maximum atomic E-state index is 11.5. The van der Waals surface area contributed by atoms with E-state index in [1.165, 1.54) is 19.3 Å². The molecule has 2 nitrogen and oxygen atoms in total. The monoisotopic (exact) mass is 220 g/mol. The van der Waals surface area contributed by atoms with Gasteiger partial charge in [0, 0.05) is 0 Å².